The van der Waals surface area contributed by atoms with Gasteiger partial charge in [0, 0.05) is 24.3 Å². The topological polar surface area (TPSA) is 35.8 Å². The van der Waals surface area contributed by atoms with Crippen LogP contribution in [0.5, 0.6) is 0 Å². The summed E-state index contributed by atoms with van der Waals surface area (Å²) in [7, 11) is 3.58. The van der Waals surface area contributed by atoms with Crippen molar-refractivity contribution >= 4 is 27.8 Å². The molecule has 0 fully saturated rings. The first kappa shape index (κ1) is 11.0. The highest BCUT2D eigenvalue weighted by Crippen LogP contribution is 2.25. The van der Waals surface area contributed by atoms with E-state index in [9.17, 15) is 4.39 Å². The van der Waals surface area contributed by atoms with Gasteiger partial charge in [0.1, 0.15) is 5.82 Å². The molecule has 0 spiro atoms. The summed E-state index contributed by atoms with van der Waals surface area (Å²) < 4.78 is 14.0. The van der Waals surface area contributed by atoms with Crippen LogP contribution in [0.3, 0.4) is 0 Å². The number of rotatable bonds is 2. The minimum Gasteiger partial charge on any atom is -0.411 e. The van der Waals surface area contributed by atoms with Crippen molar-refractivity contribution in [3.63, 3.8) is 0 Å². The number of hydrogen-bond donors (Lipinski definition) is 1. The summed E-state index contributed by atoms with van der Waals surface area (Å²) in [5, 5.41) is 11.2. The normalized spacial score (nSPS) is 10.9. The Balaban J connectivity index is 3.36. The van der Waals surface area contributed by atoms with E-state index in [1.54, 1.807) is 25.1 Å². The Labute approximate surface area is 90.0 Å². The van der Waals surface area contributed by atoms with E-state index in [0.29, 0.717) is 10.2 Å². The summed E-state index contributed by atoms with van der Waals surface area (Å²) in [5.41, 5.74) is 0.912. The first-order valence-corrected chi connectivity index (χ1v) is 4.69. The van der Waals surface area contributed by atoms with Crippen molar-refractivity contribution < 1.29 is 9.60 Å². The van der Waals surface area contributed by atoms with Crippen LogP contribution >= 0.6 is 15.9 Å². The largest absolute Gasteiger partial charge is 0.411 e. The molecule has 0 radical (unpaired) electrons. The van der Waals surface area contributed by atoms with Crippen LogP contribution in [0.1, 0.15) is 5.56 Å². The fraction of sp³-hybridized carbons (Fsp3) is 0.222. The number of halogens is 2. The smallest absolute Gasteiger partial charge is 0.135 e. The summed E-state index contributed by atoms with van der Waals surface area (Å²) in [6, 6.07) is 3.07. The van der Waals surface area contributed by atoms with Gasteiger partial charge in [-0.25, -0.2) is 4.39 Å². The second-order valence-electron chi connectivity index (χ2n) is 2.96. The Morgan fingerprint density at radius 3 is 2.64 bits per heavy atom. The predicted octanol–water partition coefficient (Wildman–Crippen LogP) is 2.46. The molecule has 0 aliphatic heterocycles. The number of oxime groups is 1. The highest BCUT2D eigenvalue weighted by molar-refractivity contribution is 9.10. The van der Waals surface area contributed by atoms with Gasteiger partial charge in [0.25, 0.3) is 0 Å². The van der Waals surface area contributed by atoms with Crippen LogP contribution in [0.25, 0.3) is 0 Å². The lowest BCUT2D eigenvalue weighted by atomic mass is 10.1. The molecule has 0 aromatic heterocycles. The van der Waals surface area contributed by atoms with Crippen LogP contribution in [0, 0.1) is 5.82 Å². The maximum atomic E-state index is 13.4. The first-order chi connectivity index (χ1) is 6.56. The van der Waals surface area contributed by atoms with Gasteiger partial charge in [-0.3, -0.25) is 0 Å². The molecule has 76 valence electrons. The summed E-state index contributed by atoms with van der Waals surface area (Å²) in [4.78, 5) is 1.74. The fourth-order valence-corrected chi connectivity index (χ4v) is 1.54. The van der Waals surface area contributed by atoms with E-state index in [4.69, 9.17) is 5.21 Å². The quantitative estimate of drug-likeness (QED) is 0.504. The molecule has 3 nitrogen and oxygen atoms in total. The van der Waals surface area contributed by atoms with Gasteiger partial charge in [0.05, 0.1) is 11.8 Å². The van der Waals surface area contributed by atoms with E-state index >= 15 is 0 Å². The molecule has 0 unspecified atom stereocenters. The third-order valence-electron chi connectivity index (χ3n) is 1.74. The number of benzene rings is 1. The zero-order valence-corrected chi connectivity index (χ0v) is 9.42. The monoisotopic (exact) mass is 260 g/mol. The van der Waals surface area contributed by atoms with Crippen LogP contribution in [-0.4, -0.2) is 25.5 Å². The van der Waals surface area contributed by atoms with E-state index in [2.05, 4.69) is 21.1 Å². The molecule has 0 saturated carbocycles. The predicted molar refractivity (Wildman–Crippen MR) is 57.8 cm³/mol. The van der Waals surface area contributed by atoms with Crippen molar-refractivity contribution in [1.29, 1.82) is 0 Å². The van der Waals surface area contributed by atoms with Crippen LogP contribution in [0.4, 0.5) is 10.1 Å². The Bertz CT molecular complexity index is 366. The van der Waals surface area contributed by atoms with Gasteiger partial charge in [0.15, 0.2) is 0 Å². The van der Waals surface area contributed by atoms with Crippen LogP contribution in [0.15, 0.2) is 21.8 Å². The van der Waals surface area contributed by atoms with Gasteiger partial charge in [-0.15, -0.1) is 0 Å². The van der Waals surface area contributed by atoms with Gasteiger partial charge >= 0.3 is 0 Å². The third-order valence-corrected chi connectivity index (χ3v) is 2.20. The maximum Gasteiger partial charge on any atom is 0.135 e. The van der Waals surface area contributed by atoms with E-state index < -0.39 is 5.82 Å². The van der Waals surface area contributed by atoms with E-state index in [-0.39, 0.29) is 5.56 Å². The molecule has 0 saturated heterocycles. The Morgan fingerprint density at radius 2 is 2.14 bits per heavy atom. The fourth-order valence-electron chi connectivity index (χ4n) is 1.13. The Morgan fingerprint density at radius 1 is 1.50 bits per heavy atom. The van der Waals surface area contributed by atoms with Crippen LogP contribution in [0.2, 0.25) is 0 Å². The molecule has 1 aromatic carbocycles. The zero-order chi connectivity index (χ0) is 10.7. The summed E-state index contributed by atoms with van der Waals surface area (Å²) in [6.45, 7) is 0. The molecule has 0 heterocycles. The molecular weight excluding hydrogens is 251 g/mol. The van der Waals surface area contributed by atoms with Gasteiger partial charge in [-0.05, 0) is 12.1 Å². The second kappa shape index (κ2) is 4.41. The lowest BCUT2D eigenvalue weighted by molar-refractivity contribution is 0.321. The molecule has 1 N–H and O–H groups in total. The number of hydrogen-bond acceptors (Lipinski definition) is 3. The molecule has 0 atom stereocenters. The molecular formula is C9H10BrFN2O. The van der Waals surface area contributed by atoms with Crippen LogP contribution < -0.4 is 4.90 Å². The van der Waals surface area contributed by atoms with Crippen molar-refractivity contribution in [3.8, 4) is 0 Å². The standard InChI is InChI=1S/C9H10BrFN2O/c1-13(2)9-4-6(10)3-8(11)7(9)5-12-14/h3-5,14H,1-2H3/b12-5-. The number of anilines is 1. The molecule has 14 heavy (non-hydrogen) atoms. The average molecular weight is 261 g/mol. The highest BCUT2D eigenvalue weighted by atomic mass is 79.9. The first-order valence-electron chi connectivity index (χ1n) is 3.90. The van der Waals surface area contributed by atoms with Crippen molar-refractivity contribution in [2.75, 3.05) is 19.0 Å². The van der Waals surface area contributed by atoms with Crippen LogP contribution in [-0.2, 0) is 0 Å². The van der Waals surface area contributed by atoms with Crippen molar-refractivity contribution in [1.82, 2.24) is 0 Å². The maximum absolute atomic E-state index is 13.4. The Hall–Kier alpha value is -1.10. The molecule has 0 aliphatic rings. The van der Waals surface area contributed by atoms with Gasteiger partial charge < -0.3 is 10.1 Å². The zero-order valence-electron chi connectivity index (χ0n) is 7.83. The molecule has 5 heteroatoms. The Kier molecular flexibility index (Phi) is 3.46. The summed E-state index contributed by atoms with van der Waals surface area (Å²) >= 11 is 3.19. The minimum atomic E-state index is -0.430. The second-order valence-corrected chi connectivity index (χ2v) is 3.88. The lowest BCUT2D eigenvalue weighted by Crippen LogP contribution is -2.12. The van der Waals surface area contributed by atoms with Gasteiger partial charge in [0.2, 0.25) is 0 Å². The van der Waals surface area contributed by atoms with Gasteiger partial charge in [-0.2, -0.15) is 0 Å². The van der Waals surface area contributed by atoms with Gasteiger partial charge in [-0.1, -0.05) is 21.1 Å². The van der Waals surface area contributed by atoms with Crippen molar-refractivity contribution in [2.45, 2.75) is 0 Å². The lowest BCUT2D eigenvalue weighted by Gasteiger charge is -2.16. The SMILES string of the molecule is CN(C)c1cc(Br)cc(F)c1/C=N\O. The summed E-state index contributed by atoms with van der Waals surface area (Å²) in [6.07, 6.45) is 1.08. The van der Waals surface area contributed by atoms with E-state index in [1.165, 1.54) is 6.07 Å². The highest BCUT2D eigenvalue weighted by Gasteiger charge is 2.10. The van der Waals surface area contributed by atoms with E-state index in [1.807, 2.05) is 0 Å². The number of nitrogens with zero attached hydrogens (tertiary/aromatic N) is 2. The van der Waals surface area contributed by atoms with E-state index in [0.717, 1.165) is 6.21 Å². The third kappa shape index (κ3) is 2.23. The molecule has 0 amide bonds. The molecule has 0 bridgehead atoms. The summed E-state index contributed by atoms with van der Waals surface area (Å²) in [5.74, 6) is -0.430. The van der Waals surface area contributed by atoms with Crippen molar-refractivity contribution in [2.24, 2.45) is 5.16 Å². The molecule has 1 aromatic rings. The minimum absolute atomic E-state index is 0.265. The van der Waals surface area contributed by atoms with Crippen molar-refractivity contribution in [3.05, 3.63) is 28.0 Å². The molecule has 1 rings (SSSR count). The average Bonchev–Trinajstić information content (AvgIpc) is 2.09. The molecule has 0 aliphatic carbocycles.